The highest BCUT2D eigenvalue weighted by molar-refractivity contribution is 6.13. The van der Waals surface area contributed by atoms with Gasteiger partial charge in [-0.25, -0.2) is 0 Å². The van der Waals surface area contributed by atoms with Crippen molar-refractivity contribution in [2.24, 2.45) is 11.8 Å². The molecule has 2 aliphatic heterocycles. The number of allylic oxidation sites excluding steroid dienone is 1. The number of benzene rings is 1. The van der Waals surface area contributed by atoms with E-state index >= 15 is 0 Å². The lowest BCUT2D eigenvalue weighted by Gasteiger charge is -2.38. The molecule has 0 spiro atoms. The summed E-state index contributed by atoms with van der Waals surface area (Å²) in [6.07, 6.45) is -1.71. The van der Waals surface area contributed by atoms with Crippen LogP contribution in [0.1, 0.15) is 49.5 Å². The van der Waals surface area contributed by atoms with Crippen LogP contribution in [0.3, 0.4) is 0 Å². The van der Waals surface area contributed by atoms with E-state index < -0.39 is 24.4 Å². The Kier molecular flexibility index (Phi) is 6.25. The van der Waals surface area contributed by atoms with Crippen LogP contribution in [0.2, 0.25) is 0 Å². The summed E-state index contributed by atoms with van der Waals surface area (Å²) in [5.74, 6) is -0.139. The number of rotatable bonds is 6. The monoisotopic (exact) mass is 432 g/mol. The van der Waals surface area contributed by atoms with E-state index in [9.17, 15) is 25.2 Å². The van der Waals surface area contributed by atoms with Gasteiger partial charge in [0.1, 0.15) is 11.9 Å². The molecule has 3 aliphatic rings. The van der Waals surface area contributed by atoms with Gasteiger partial charge in [0.15, 0.2) is 5.78 Å². The van der Waals surface area contributed by atoms with Crippen molar-refractivity contribution in [1.29, 1.82) is 0 Å². The number of Topliss-reactive ketones (excluding diaryl/α,β-unsaturated/α-hetero) is 1. The molecule has 4 rings (SSSR count). The van der Waals surface area contributed by atoms with Gasteiger partial charge >= 0.3 is 0 Å². The van der Waals surface area contributed by atoms with E-state index in [1.807, 2.05) is 13.8 Å². The number of fused-ring (bicyclic) bond motifs is 1. The molecule has 0 radical (unpaired) electrons. The number of ketones is 1. The second-order valence-electron chi connectivity index (χ2n) is 9.40. The average Bonchev–Trinajstić information content (AvgIpc) is 3.41. The molecule has 1 aliphatic carbocycles. The molecule has 0 bridgehead atoms. The standard InChI is InChI=1S/C24H32O7/c1-11(18-8-14-7-16(26)4-5-17(14)22(18)28)6-19-23(29)21(27)15(10-30-19)9-20-24(31-20)12(2)13(3)25/h4-5,7,12-13,15,19-21,23-27,29H,6,8-10H2,1-3H3/t12-,13-,15-,19-,20-,21+,23-,24-/m0/s1. The van der Waals surface area contributed by atoms with Gasteiger partial charge in [-0.15, -0.1) is 0 Å². The number of hydrogen-bond acceptors (Lipinski definition) is 7. The summed E-state index contributed by atoms with van der Waals surface area (Å²) < 4.78 is 11.6. The van der Waals surface area contributed by atoms with Crippen molar-refractivity contribution in [3.05, 3.63) is 40.5 Å². The van der Waals surface area contributed by atoms with Gasteiger partial charge in [0, 0.05) is 29.4 Å². The van der Waals surface area contributed by atoms with Crippen LogP contribution in [-0.2, 0) is 15.9 Å². The number of epoxide rings is 1. The molecule has 7 nitrogen and oxygen atoms in total. The fourth-order valence-corrected chi connectivity index (χ4v) is 4.86. The number of ether oxygens (including phenoxy) is 2. The molecular formula is C24H32O7. The number of aliphatic hydroxyl groups is 3. The number of carbonyl (C=O) groups excluding carboxylic acids is 1. The van der Waals surface area contributed by atoms with Crippen molar-refractivity contribution in [3.8, 4) is 5.75 Å². The molecule has 0 amide bonds. The number of carbonyl (C=O) groups is 1. The molecule has 1 aromatic rings. The first-order valence-corrected chi connectivity index (χ1v) is 11.0. The summed E-state index contributed by atoms with van der Waals surface area (Å²) in [5.41, 5.74) is 2.89. The molecule has 2 fully saturated rings. The molecule has 2 saturated heterocycles. The van der Waals surface area contributed by atoms with Crippen LogP contribution in [0.4, 0.5) is 0 Å². The van der Waals surface area contributed by atoms with Gasteiger partial charge in [-0.2, -0.15) is 0 Å². The van der Waals surface area contributed by atoms with Gasteiger partial charge < -0.3 is 29.9 Å². The highest BCUT2D eigenvalue weighted by Gasteiger charge is 2.48. The van der Waals surface area contributed by atoms with Crippen LogP contribution in [0.5, 0.6) is 5.75 Å². The predicted octanol–water partition coefficient (Wildman–Crippen LogP) is 1.75. The number of phenols is 1. The lowest BCUT2D eigenvalue weighted by atomic mass is 9.85. The quantitative estimate of drug-likeness (QED) is 0.399. The van der Waals surface area contributed by atoms with Crippen molar-refractivity contribution < 1.29 is 34.7 Å². The number of phenolic OH excluding ortho intramolecular Hbond substituents is 1. The minimum atomic E-state index is -1.05. The molecule has 2 heterocycles. The minimum absolute atomic E-state index is 0.0218. The maximum absolute atomic E-state index is 12.7. The van der Waals surface area contributed by atoms with E-state index in [1.165, 1.54) is 6.07 Å². The topological polar surface area (TPSA) is 120 Å². The lowest BCUT2D eigenvalue weighted by molar-refractivity contribution is -0.165. The number of aromatic hydroxyl groups is 1. The van der Waals surface area contributed by atoms with Gasteiger partial charge in [0.25, 0.3) is 0 Å². The molecule has 4 N–H and O–H groups in total. The smallest absolute Gasteiger partial charge is 0.189 e. The van der Waals surface area contributed by atoms with Crippen molar-refractivity contribution in [2.45, 2.75) is 76.7 Å². The Bertz CT molecular complexity index is 877. The van der Waals surface area contributed by atoms with E-state index in [0.717, 1.165) is 11.1 Å². The van der Waals surface area contributed by atoms with Crippen LogP contribution in [0.15, 0.2) is 29.3 Å². The zero-order valence-corrected chi connectivity index (χ0v) is 18.2. The van der Waals surface area contributed by atoms with E-state index in [-0.39, 0.29) is 35.6 Å². The van der Waals surface area contributed by atoms with Gasteiger partial charge in [-0.3, -0.25) is 4.79 Å². The predicted molar refractivity (Wildman–Crippen MR) is 113 cm³/mol. The van der Waals surface area contributed by atoms with Crippen molar-refractivity contribution in [3.63, 3.8) is 0 Å². The van der Waals surface area contributed by atoms with Crippen LogP contribution in [-0.4, -0.2) is 69.4 Å². The highest BCUT2D eigenvalue weighted by Crippen LogP contribution is 2.39. The molecule has 31 heavy (non-hydrogen) atoms. The van der Waals surface area contributed by atoms with Crippen LogP contribution in [0.25, 0.3) is 0 Å². The molecule has 0 saturated carbocycles. The average molecular weight is 433 g/mol. The molecule has 1 aromatic carbocycles. The Hall–Kier alpha value is -1.77. The van der Waals surface area contributed by atoms with E-state index in [2.05, 4.69) is 0 Å². The third kappa shape index (κ3) is 4.43. The third-order valence-electron chi connectivity index (χ3n) is 7.17. The zero-order chi connectivity index (χ0) is 22.4. The SMILES string of the molecule is CC(C[C@@H]1OC[C@H](C[C@@H]2O[C@H]2[C@@H](C)[C@H](C)O)[C@@H](O)[C@H]1O)=C1Cc2cc(O)ccc2C1=O. The highest BCUT2D eigenvalue weighted by atomic mass is 16.6. The lowest BCUT2D eigenvalue weighted by Crippen LogP contribution is -2.50. The number of hydrogen-bond donors (Lipinski definition) is 4. The number of aliphatic hydroxyl groups excluding tert-OH is 3. The van der Waals surface area contributed by atoms with Gasteiger partial charge in [0.2, 0.25) is 0 Å². The van der Waals surface area contributed by atoms with E-state index in [1.54, 1.807) is 19.1 Å². The third-order valence-corrected chi connectivity index (χ3v) is 7.17. The van der Waals surface area contributed by atoms with Crippen molar-refractivity contribution in [1.82, 2.24) is 0 Å². The molecule has 8 atom stereocenters. The summed E-state index contributed by atoms with van der Waals surface area (Å²) in [7, 11) is 0. The van der Waals surface area contributed by atoms with Gasteiger partial charge in [-0.05, 0) is 50.5 Å². The fraction of sp³-hybridized carbons (Fsp3) is 0.625. The molecule has 170 valence electrons. The first-order chi connectivity index (χ1) is 14.7. The van der Waals surface area contributed by atoms with Gasteiger partial charge in [0.05, 0.1) is 37.1 Å². The Morgan fingerprint density at radius 1 is 1.19 bits per heavy atom. The summed E-state index contributed by atoms with van der Waals surface area (Å²) in [4.78, 5) is 12.7. The Morgan fingerprint density at radius 2 is 1.94 bits per heavy atom. The van der Waals surface area contributed by atoms with Gasteiger partial charge in [-0.1, -0.05) is 12.5 Å². The summed E-state index contributed by atoms with van der Waals surface area (Å²) >= 11 is 0. The normalized spacial score (nSPS) is 36.1. The largest absolute Gasteiger partial charge is 0.508 e. The minimum Gasteiger partial charge on any atom is -0.508 e. The van der Waals surface area contributed by atoms with Crippen molar-refractivity contribution >= 4 is 5.78 Å². The van der Waals surface area contributed by atoms with Crippen LogP contribution < -0.4 is 0 Å². The van der Waals surface area contributed by atoms with Crippen molar-refractivity contribution in [2.75, 3.05) is 6.61 Å². The Balaban J connectivity index is 1.36. The zero-order valence-electron chi connectivity index (χ0n) is 18.2. The van der Waals surface area contributed by atoms with E-state index in [0.29, 0.717) is 37.0 Å². The van der Waals surface area contributed by atoms with Crippen LogP contribution >= 0.6 is 0 Å². The maximum Gasteiger partial charge on any atom is 0.189 e. The Morgan fingerprint density at radius 3 is 2.65 bits per heavy atom. The van der Waals surface area contributed by atoms with Crippen LogP contribution in [0, 0.1) is 11.8 Å². The molecule has 0 aromatic heterocycles. The maximum atomic E-state index is 12.7. The first kappa shape index (κ1) is 22.4. The first-order valence-electron chi connectivity index (χ1n) is 11.0. The molecular weight excluding hydrogens is 400 g/mol. The second kappa shape index (κ2) is 8.64. The summed E-state index contributed by atoms with van der Waals surface area (Å²) in [5, 5.41) is 40.7. The fourth-order valence-electron chi connectivity index (χ4n) is 4.86. The summed E-state index contributed by atoms with van der Waals surface area (Å²) in [6.45, 7) is 5.84. The van der Waals surface area contributed by atoms with E-state index in [4.69, 9.17) is 9.47 Å². The summed E-state index contributed by atoms with van der Waals surface area (Å²) in [6, 6.07) is 4.76. The second-order valence-corrected chi connectivity index (χ2v) is 9.40. The Labute approximate surface area is 182 Å². The molecule has 7 heteroatoms. The molecule has 0 unspecified atom stereocenters.